The van der Waals surface area contributed by atoms with Crippen LogP contribution < -0.4 is 5.73 Å². The van der Waals surface area contributed by atoms with Gasteiger partial charge < -0.3 is 10.6 Å². The quantitative estimate of drug-likeness (QED) is 0.916. The second-order valence-electron chi connectivity index (χ2n) is 6.47. The van der Waals surface area contributed by atoms with Crippen molar-refractivity contribution in [2.45, 2.75) is 32.7 Å². The molecule has 0 bridgehead atoms. The molecule has 1 aliphatic rings. The molecule has 1 atom stereocenters. The fourth-order valence-electron chi connectivity index (χ4n) is 3.28. The van der Waals surface area contributed by atoms with Gasteiger partial charge in [0.1, 0.15) is 0 Å². The van der Waals surface area contributed by atoms with Crippen LogP contribution in [0.2, 0.25) is 0 Å². The largest absolute Gasteiger partial charge is 0.333 e. The van der Waals surface area contributed by atoms with Gasteiger partial charge in [-0.1, -0.05) is 19.9 Å². The first-order valence-electron chi connectivity index (χ1n) is 8.13. The lowest BCUT2D eigenvalue weighted by atomic mass is 9.95. The molecule has 2 aromatic rings. The zero-order valence-electron chi connectivity index (χ0n) is 13.7. The molecule has 5 heteroatoms. The summed E-state index contributed by atoms with van der Waals surface area (Å²) in [6, 6.07) is 4.12. The Morgan fingerprint density at radius 3 is 2.91 bits per heavy atom. The molecule has 0 radical (unpaired) electrons. The highest BCUT2D eigenvalue weighted by atomic mass is 32.1. The van der Waals surface area contributed by atoms with Crippen molar-refractivity contribution in [3.05, 3.63) is 40.3 Å². The molecule has 2 N–H and O–H groups in total. The Kier molecular flexibility index (Phi) is 4.78. The summed E-state index contributed by atoms with van der Waals surface area (Å²) in [5, 5.41) is 2.09. The van der Waals surface area contributed by atoms with Crippen molar-refractivity contribution in [1.82, 2.24) is 9.88 Å². The van der Waals surface area contributed by atoms with Gasteiger partial charge in [-0.3, -0.25) is 9.78 Å². The minimum Gasteiger partial charge on any atom is -0.333 e. The van der Waals surface area contributed by atoms with Crippen LogP contribution >= 0.6 is 11.3 Å². The van der Waals surface area contributed by atoms with Gasteiger partial charge in [0, 0.05) is 37.1 Å². The van der Waals surface area contributed by atoms with Gasteiger partial charge in [-0.2, -0.15) is 0 Å². The van der Waals surface area contributed by atoms with Gasteiger partial charge in [-0.25, -0.2) is 0 Å². The van der Waals surface area contributed by atoms with Crippen LogP contribution in [0.25, 0.3) is 11.1 Å². The zero-order valence-corrected chi connectivity index (χ0v) is 14.5. The van der Waals surface area contributed by atoms with Gasteiger partial charge in [0.15, 0.2) is 0 Å². The molecule has 23 heavy (non-hydrogen) atoms. The van der Waals surface area contributed by atoms with E-state index in [2.05, 4.69) is 24.2 Å². The van der Waals surface area contributed by atoms with E-state index in [1.54, 1.807) is 17.5 Å². The SMILES string of the molecule is CC(C)CC(CN)N1CCc2c(-c3cccnc3)csc2C1=O. The number of carbonyl (C=O) groups is 1. The fourth-order valence-corrected chi connectivity index (χ4v) is 4.37. The van der Waals surface area contributed by atoms with Crippen LogP contribution in [0.4, 0.5) is 0 Å². The molecule has 2 aromatic heterocycles. The molecule has 0 spiro atoms. The summed E-state index contributed by atoms with van der Waals surface area (Å²) in [6.45, 7) is 5.63. The Morgan fingerprint density at radius 1 is 1.43 bits per heavy atom. The number of hydrogen-bond donors (Lipinski definition) is 1. The molecule has 4 nitrogen and oxygen atoms in total. The van der Waals surface area contributed by atoms with Crippen molar-refractivity contribution in [2.24, 2.45) is 11.7 Å². The van der Waals surface area contributed by atoms with Gasteiger partial charge >= 0.3 is 0 Å². The molecular weight excluding hydrogens is 306 g/mol. The van der Waals surface area contributed by atoms with E-state index in [1.807, 2.05) is 23.2 Å². The van der Waals surface area contributed by atoms with Gasteiger partial charge in [-0.05, 0) is 41.3 Å². The lowest BCUT2D eigenvalue weighted by Crippen LogP contribution is -2.48. The number of aromatic nitrogens is 1. The lowest BCUT2D eigenvalue weighted by molar-refractivity contribution is 0.0650. The number of rotatable bonds is 5. The van der Waals surface area contributed by atoms with E-state index in [0.717, 1.165) is 35.4 Å². The molecule has 0 fully saturated rings. The first-order valence-corrected chi connectivity index (χ1v) is 9.01. The molecule has 3 rings (SSSR count). The van der Waals surface area contributed by atoms with Crippen molar-refractivity contribution in [3.8, 4) is 11.1 Å². The Hall–Kier alpha value is -1.72. The van der Waals surface area contributed by atoms with E-state index in [-0.39, 0.29) is 11.9 Å². The number of amides is 1. The third kappa shape index (κ3) is 3.16. The summed E-state index contributed by atoms with van der Waals surface area (Å²) in [4.78, 5) is 19.9. The molecule has 0 saturated heterocycles. The van der Waals surface area contributed by atoms with E-state index in [9.17, 15) is 4.79 Å². The topological polar surface area (TPSA) is 59.2 Å². The van der Waals surface area contributed by atoms with E-state index in [0.29, 0.717) is 12.5 Å². The fraction of sp³-hybridized carbons (Fsp3) is 0.444. The number of nitrogens with zero attached hydrogens (tertiary/aromatic N) is 2. The highest BCUT2D eigenvalue weighted by Crippen LogP contribution is 2.35. The molecule has 3 heterocycles. The average Bonchev–Trinajstić information content (AvgIpc) is 2.99. The minimum absolute atomic E-state index is 0.139. The number of fused-ring (bicyclic) bond motifs is 1. The molecular formula is C18H23N3OS. The predicted molar refractivity (Wildman–Crippen MR) is 94.6 cm³/mol. The molecule has 0 aliphatic carbocycles. The normalized spacial score (nSPS) is 15.8. The highest BCUT2D eigenvalue weighted by molar-refractivity contribution is 7.12. The third-order valence-electron chi connectivity index (χ3n) is 4.38. The standard InChI is InChI=1S/C18H23N3OS/c1-12(2)8-14(9-19)21-7-5-15-16(11-23-17(15)18(21)22)13-4-3-6-20-10-13/h3-4,6,10-12,14H,5,7-9,19H2,1-2H3. The van der Waals surface area contributed by atoms with E-state index >= 15 is 0 Å². The van der Waals surface area contributed by atoms with Crippen LogP contribution in [-0.4, -0.2) is 34.9 Å². The number of thiophene rings is 1. The van der Waals surface area contributed by atoms with Crippen molar-refractivity contribution in [2.75, 3.05) is 13.1 Å². The third-order valence-corrected chi connectivity index (χ3v) is 5.39. The highest BCUT2D eigenvalue weighted by Gasteiger charge is 2.32. The Labute approximate surface area is 141 Å². The molecule has 1 unspecified atom stereocenters. The maximum Gasteiger partial charge on any atom is 0.264 e. The second kappa shape index (κ2) is 6.81. The van der Waals surface area contributed by atoms with E-state index in [1.165, 1.54) is 5.56 Å². The van der Waals surface area contributed by atoms with Crippen molar-refractivity contribution in [1.29, 1.82) is 0 Å². The molecule has 0 aromatic carbocycles. The van der Waals surface area contributed by atoms with Crippen LogP contribution in [0.1, 0.15) is 35.5 Å². The van der Waals surface area contributed by atoms with Crippen LogP contribution in [-0.2, 0) is 6.42 Å². The van der Waals surface area contributed by atoms with Crippen LogP contribution in [0.15, 0.2) is 29.9 Å². The Balaban J connectivity index is 1.89. The van der Waals surface area contributed by atoms with Crippen molar-refractivity contribution >= 4 is 17.2 Å². The lowest BCUT2D eigenvalue weighted by Gasteiger charge is -2.35. The van der Waals surface area contributed by atoms with Crippen LogP contribution in [0.5, 0.6) is 0 Å². The van der Waals surface area contributed by atoms with Gasteiger partial charge in [-0.15, -0.1) is 11.3 Å². The second-order valence-corrected chi connectivity index (χ2v) is 7.35. The van der Waals surface area contributed by atoms with Crippen LogP contribution in [0, 0.1) is 5.92 Å². The first kappa shape index (κ1) is 16.1. The summed E-state index contributed by atoms with van der Waals surface area (Å²) < 4.78 is 0. The van der Waals surface area contributed by atoms with E-state index in [4.69, 9.17) is 5.73 Å². The van der Waals surface area contributed by atoms with Gasteiger partial charge in [0.25, 0.3) is 5.91 Å². The average molecular weight is 329 g/mol. The summed E-state index contributed by atoms with van der Waals surface area (Å²) in [7, 11) is 0. The molecule has 0 saturated carbocycles. The minimum atomic E-state index is 0.139. The van der Waals surface area contributed by atoms with Crippen LogP contribution in [0.3, 0.4) is 0 Å². The summed E-state index contributed by atoms with van der Waals surface area (Å²) in [5.41, 5.74) is 9.34. The summed E-state index contributed by atoms with van der Waals surface area (Å²) in [5.74, 6) is 0.675. The van der Waals surface area contributed by atoms with Gasteiger partial charge in [0.05, 0.1) is 4.88 Å². The summed E-state index contributed by atoms with van der Waals surface area (Å²) >= 11 is 1.55. The monoisotopic (exact) mass is 329 g/mol. The number of nitrogens with two attached hydrogens (primary N) is 1. The van der Waals surface area contributed by atoms with Crippen molar-refractivity contribution in [3.63, 3.8) is 0 Å². The number of pyridine rings is 1. The first-order chi connectivity index (χ1) is 11.1. The smallest absolute Gasteiger partial charge is 0.264 e. The molecule has 122 valence electrons. The number of carbonyl (C=O) groups excluding carboxylic acids is 1. The number of hydrogen-bond acceptors (Lipinski definition) is 4. The van der Waals surface area contributed by atoms with Crippen molar-refractivity contribution < 1.29 is 4.79 Å². The maximum atomic E-state index is 12.9. The van der Waals surface area contributed by atoms with E-state index < -0.39 is 0 Å². The Morgan fingerprint density at radius 2 is 2.26 bits per heavy atom. The summed E-state index contributed by atoms with van der Waals surface area (Å²) in [6.07, 6.45) is 5.48. The Bertz CT molecular complexity index is 681. The molecule has 1 aliphatic heterocycles. The predicted octanol–water partition coefficient (Wildman–Crippen LogP) is 3.18. The zero-order chi connectivity index (χ0) is 16.4. The van der Waals surface area contributed by atoms with Gasteiger partial charge in [0.2, 0.25) is 0 Å². The molecule has 1 amide bonds. The maximum absolute atomic E-state index is 12.9.